The number of carbonyl (C=O) groups excluding carboxylic acids is 1. The highest BCUT2D eigenvalue weighted by atomic mass is 32.2. The minimum absolute atomic E-state index is 0.0609. The monoisotopic (exact) mass is 399 g/mol. The summed E-state index contributed by atoms with van der Waals surface area (Å²) in [6, 6.07) is 14.8. The Bertz CT molecular complexity index is 1120. The Kier molecular flexibility index (Phi) is 5.79. The molecule has 3 aromatic rings. The second-order valence-electron chi connectivity index (χ2n) is 6.14. The van der Waals surface area contributed by atoms with E-state index in [0.717, 1.165) is 21.9 Å². The van der Waals surface area contributed by atoms with Crippen LogP contribution in [-0.2, 0) is 13.6 Å². The summed E-state index contributed by atoms with van der Waals surface area (Å²) >= 11 is 1.16. The molecule has 0 radical (unpaired) electrons. The normalized spacial score (nSPS) is 10.8. The molecule has 0 aliphatic carbocycles. The predicted octanol–water partition coefficient (Wildman–Crippen LogP) is 2.29. The molecule has 0 amide bonds. The van der Waals surface area contributed by atoms with E-state index in [1.165, 1.54) is 23.7 Å². The third kappa shape index (κ3) is 4.07. The summed E-state index contributed by atoms with van der Waals surface area (Å²) in [4.78, 5) is 38.4. The summed E-state index contributed by atoms with van der Waals surface area (Å²) in [5.41, 5.74) is 5.35. The topological polar surface area (TPSA) is 87.1 Å². The molecule has 0 saturated heterocycles. The van der Waals surface area contributed by atoms with Gasteiger partial charge in [-0.3, -0.25) is 18.7 Å². The summed E-state index contributed by atoms with van der Waals surface area (Å²) in [6.45, 7) is 0.144. The highest BCUT2D eigenvalue weighted by molar-refractivity contribution is 8.00. The van der Waals surface area contributed by atoms with Crippen molar-refractivity contribution >= 4 is 23.4 Å². The van der Waals surface area contributed by atoms with Crippen molar-refractivity contribution in [3.05, 3.63) is 92.4 Å². The molecule has 0 unspecified atom stereocenters. The molecular weight excluding hydrogens is 381 g/mol. The smallest absolute Gasteiger partial charge is 0.332 e. The number of ketones is 1. The predicted molar refractivity (Wildman–Crippen MR) is 107 cm³/mol. The van der Waals surface area contributed by atoms with E-state index in [-0.39, 0.29) is 29.5 Å². The number of nitrogens with zero attached hydrogens (tertiary/aromatic N) is 2. The Morgan fingerprint density at radius 1 is 1.07 bits per heavy atom. The lowest BCUT2D eigenvalue weighted by Crippen LogP contribution is -2.43. The van der Waals surface area contributed by atoms with Crippen molar-refractivity contribution in [1.29, 1.82) is 0 Å². The molecule has 2 aromatic carbocycles. The van der Waals surface area contributed by atoms with E-state index in [2.05, 4.69) is 0 Å². The number of nitrogens with two attached hydrogens (primary N) is 1. The number of thioether (sulfide) groups is 1. The maximum absolute atomic E-state index is 13.0. The lowest BCUT2D eigenvalue weighted by molar-refractivity contribution is 0.102. The number of hydrogen-bond acceptors (Lipinski definition) is 5. The van der Waals surface area contributed by atoms with E-state index in [4.69, 9.17) is 5.73 Å². The molecule has 6 nitrogen and oxygen atoms in total. The van der Waals surface area contributed by atoms with Gasteiger partial charge in [-0.2, -0.15) is 0 Å². The first kappa shape index (κ1) is 19.6. The molecule has 1 heterocycles. The third-order valence-corrected chi connectivity index (χ3v) is 5.24. The van der Waals surface area contributed by atoms with E-state index in [0.29, 0.717) is 4.90 Å². The van der Waals surface area contributed by atoms with Crippen LogP contribution in [0.5, 0.6) is 0 Å². The fraction of sp³-hybridized carbons (Fsp3) is 0.150. The molecule has 28 heavy (non-hydrogen) atoms. The molecule has 0 aliphatic rings. The number of carbonyl (C=O) groups is 1. The number of Topliss-reactive ketones (excluding diaryl/α,β-unsaturated/α-hetero) is 1. The average Bonchev–Trinajstić information content (AvgIpc) is 2.70. The number of anilines is 1. The minimum atomic E-state index is -0.725. The van der Waals surface area contributed by atoms with Crippen LogP contribution in [0, 0.1) is 5.82 Å². The maximum atomic E-state index is 13.0. The molecule has 0 saturated carbocycles. The number of benzene rings is 2. The van der Waals surface area contributed by atoms with Gasteiger partial charge in [0.25, 0.3) is 5.56 Å². The lowest BCUT2D eigenvalue weighted by atomic mass is 10.2. The van der Waals surface area contributed by atoms with Crippen LogP contribution < -0.4 is 17.0 Å². The zero-order valence-corrected chi connectivity index (χ0v) is 15.9. The minimum Gasteiger partial charge on any atom is -0.384 e. The summed E-state index contributed by atoms with van der Waals surface area (Å²) in [5, 5.41) is 0. The van der Waals surface area contributed by atoms with Crippen LogP contribution in [-0.4, -0.2) is 20.7 Å². The van der Waals surface area contributed by atoms with Crippen LogP contribution >= 0.6 is 11.8 Å². The molecule has 2 N–H and O–H groups in total. The Morgan fingerprint density at radius 2 is 1.71 bits per heavy atom. The molecule has 0 spiro atoms. The number of halogens is 1. The molecule has 0 fully saturated rings. The molecule has 0 bridgehead atoms. The average molecular weight is 399 g/mol. The summed E-state index contributed by atoms with van der Waals surface area (Å²) in [7, 11) is 1.31. The Balaban J connectivity index is 1.93. The SMILES string of the molecule is Cn1c(=O)c(C(=O)CSc2ccc(F)cc2)c(N)n(Cc2ccccc2)c1=O. The van der Waals surface area contributed by atoms with Gasteiger partial charge in [0.15, 0.2) is 5.78 Å². The number of aromatic nitrogens is 2. The first-order valence-corrected chi connectivity index (χ1v) is 9.42. The molecule has 1 aromatic heterocycles. The van der Waals surface area contributed by atoms with Gasteiger partial charge < -0.3 is 5.73 Å². The zero-order chi connectivity index (χ0) is 20.3. The van der Waals surface area contributed by atoms with Gasteiger partial charge in [0.2, 0.25) is 0 Å². The van der Waals surface area contributed by atoms with E-state index in [1.54, 1.807) is 12.1 Å². The fourth-order valence-corrected chi connectivity index (χ4v) is 3.49. The van der Waals surface area contributed by atoms with E-state index < -0.39 is 17.0 Å². The first-order valence-electron chi connectivity index (χ1n) is 8.43. The van der Waals surface area contributed by atoms with Crippen molar-refractivity contribution < 1.29 is 9.18 Å². The van der Waals surface area contributed by atoms with E-state index in [1.807, 2.05) is 30.3 Å². The van der Waals surface area contributed by atoms with Crippen molar-refractivity contribution in [2.45, 2.75) is 11.4 Å². The summed E-state index contributed by atoms with van der Waals surface area (Å²) < 4.78 is 15.1. The molecular formula is C20H18FN3O3S. The van der Waals surface area contributed by atoms with Crippen LogP contribution in [0.15, 0.2) is 69.1 Å². The van der Waals surface area contributed by atoms with Crippen LogP contribution in [0.4, 0.5) is 10.2 Å². The zero-order valence-electron chi connectivity index (χ0n) is 15.1. The van der Waals surface area contributed by atoms with Gasteiger partial charge in [0.1, 0.15) is 17.2 Å². The van der Waals surface area contributed by atoms with Gasteiger partial charge in [0, 0.05) is 11.9 Å². The van der Waals surface area contributed by atoms with Gasteiger partial charge >= 0.3 is 5.69 Å². The van der Waals surface area contributed by atoms with E-state index >= 15 is 0 Å². The van der Waals surface area contributed by atoms with Crippen molar-refractivity contribution in [2.75, 3.05) is 11.5 Å². The fourth-order valence-electron chi connectivity index (χ4n) is 2.72. The van der Waals surface area contributed by atoms with Crippen LogP contribution in [0.25, 0.3) is 0 Å². The van der Waals surface area contributed by atoms with Crippen LogP contribution in [0.2, 0.25) is 0 Å². The van der Waals surface area contributed by atoms with Crippen molar-refractivity contribution in [2.24, 2.45) is 7.05 Å². The summed E-state index contributed by atoms with van der Waals surface area (Å²) in [6.07, 6.45) is 0. The van der Waals surface area contributed by atoms with Crippen molar-refractivity contribution in [1.82, 2.24) is 9.13 Å². The Labute approximate surface area is 164 Å². The largest absolute Gasteiger partial charge is 0.384 e. The molecule has 8 heteroatoms. The standard InChI is InChI=1S/C20H18FN3O3S/c1-23-19(26)17(16(25)12-28-15-9-7-14(21)8-10-15)18(22)24(20(23)27)11-13-5-3-2-4-6-13/h2-10H,11-12,22H2,1H3. The second kappa shape index (κ2) is 8.26. The lowest BCUT2D eigenvalue weighted by Gasteiger charge is -2.14. The van der Waals surface area contributed by atoms with Gasteiger partial charge in [0.05, 0.1) is 12.3 Å². The summed E-state index contributed by atoms with van der Waals surface area (Å²) in [5.74, 6) is -1.08. The number of rotatable bonds is 6. The number of hydrogen-bond donors (Lipinski definition) is 1. The van der Waals surface area contributed by atoms with Crippen molar-refractivity contribution in [3.63, 3.8) is 0 Å². The van der Waals surface area contributed by atoms with Gasteiger partial charge in [-0.15, -0.1) is 11.8 Å². The second-order valence-corrected chi connectivity index (χ2v) is 7.19. The maximum Gasteiger partial charge on any atom is 0.332 e. The Morgan fingerprint density at radius 3 is 2.36 bits per heavy atom. The van der Waals surface area contributed by atoms with Gasteiger partial charge in [-0.1, -0.05) is 30.3 Å². The highest BCUT2D eigenvalue weighted by Gasteiger charge is 2.21. The van der Waals surface area contributed by atoms with Crippen molar-refractivity contribution in [3.8, 4) is 0 Å². The van der Waals surface area contributed by atoms with Gasteiger partial charge in [-0.25, -0.2) is 9.18 Å². The highest BCUT2D eigenvalue weighted by Crippen LogP contribution is 2.20. The molecule has 144 valence electrons. The quantitative estimate of drug-likeness (QED) is 0.508. The molecule has 3 rings (SSSR count). The van der Waals surface area contributed by atoms with Crippen LogP contribution in [0.1, 0.15) is 15.9 Å². The van der Waals surface area contributed by atoms with Gasteiger partial charge in [-0.05, 0) is 29.8 Å². The number of nitrogen functional groups attached to an aromatic ring is 1. The van der Waals surface area contributed by atoms with Crippen LogP contribution in [0.3, 0.4) is 0 Å². The molecule has 0 atom stereocenters. The molecule has 0 aliphatic heterocycles. The Hall–Kier alpha value is -3.13. The third-order valence-electron chi connectivity index (χ3n) is 4.23. The van der Waals surface area contributed by atoms with E-state index in [9.17, 15) is 18.8 Å². The first-order chi connectivity index (χ1) is 13.4.